The zero-order chi connectivity index (χ0) is 19.9. The lowest BCUT2D eigenvalue weighted by Gasteiger charge is -2.13. The first kappa shape index (κ1) is 19.8. The Labute approximate surface area is 157 Å². The van der Waals surface area contributed by atoms with Gasteiger partial charge in [-0.2, -0.15) is 0 Å². The minimum atomic E-state index is -4.24. The van der Waals surface area contributed by atoms with E-state index < -0.39 is 46.5 Å². The van der Waals surface area contributed by atoms with Crippen LogP contribution in [0.2, 0.25) is 0 Å². The highest BCUT2D eigenvalue weighted by Gasteiger charge is 2.38. The first-order valence-electron chi connectivity index (χ1n) is 7.83. The molecule has 27 heavy (non-hydrogen) atoms. The van der Waals surface area contributed by atoms with Crippen LogP contribution in [0.3, 0.4) is 0 Å². The van der Waals surface area contributed by atoms with E-state index in [-0.39, 0.29) is 27.7 Å². The molecule has 1 N–H and O–H groups in total. The number of hydrogen-bond donors (Lipinski definition) is 1. The summed E-state index contributed by atoms with van der Waals surface area (Å²) in [7, 11) is -11.7. The van der Waals surface area contributed by atoms with Gasteiger partial charge in [0.1, 0.15) is 5.82 Å². The topological polar surface area (TPSA) is 114 Å². The minimum Gasteiger partial charge on any atom is -0.277 e. The van der Waals surface area contributed by atoms with Gasteiger partial charge < -0.3 is 0 Å². The molecule has 1 atom stereocenters. The van der Waals surface area contributed by atoms with Crippen molar-refractivity contribution in [3.8, 4) is 0 Å². The summed E-state index contributed by atoms with van der Waals surface area (Å²) < 4.78 is 89.2. The van der Waals surface area contributed by atoms with Crippen molar-refractivity contribution in [2.45, 2.75) is 21.5 Å². The van der Waals surface area contributed by atoms with Crippen molar-refractivity contribution in [3.05, 3.63) is 54.3 Å². The molecule has 3 rings (SSSR count). The second-order valence-corrected chi connectivity index (χ2v) is 12.3. The van der Waals surface area contributed by atoms with Crippen LogP contribution >= 0.6 is 0 Å². The molecule has 7 nitrogen and oxygen atoms in total. The Morgan fingerprint density at radius 2 is 1.63 bits per heavy atom. The Hall–Kier alpha value is -1.98. The van der Waals surface area contributed by atoms with E-state index in [1.807, 2.05) is 0 Å². The summed E-state index contributed by atoms with van der Waals surface area (Å²) in [4.78, 5) is -0.659. The number of halogens is 1. The number of sulfone groups is 2. The van der Waals surface area contributed by atoms with Crippen LogP contribution in [0.25, 0.3) is 0 Å². The van der Waals surface area contributed by atoms with E-state index in [0.717, 1.165) is 12.1 Å². The fourth-order valence-corrected chi connectivity index (χ4v) is 8.36. The predicted octanol–water partition coefficient (Wildman–Crippen LogP) is 1.59. The average Bonchev–Trinajstić information content (AvgIpc) is 2.98. The highest BCUT2D eigenvalue weighted by molar-refractivity contribution is 7.96. The summed E-state index contributed by atoms with van der Waals surface area (Å²) in [6.07, 6.45) is -0.0326. The summed E-state index contributed by atoms with van der Waals surface area (Å²) in [6, 6.07) is 9.74. The van der Waals surface area contributed by atoms with Crippen LogP contribution in [-0.4, -0.2) is 42.0 Å². The van der Waals surface area contributed by atoms with Crippen molar-refractivity contribution >= 4 is 35.4 Å². The van der Waals surface area contributed by atoms with E-state index in [0.29, 0.717) is 0 Å². The number of anilines is 1. The molecule has 0 aromatic heterocycles. The molecule has 0 unspecified atom stereocenters. The number of nitrogens with one attached hydrogen (secondary N) is 1. The van der Waals surface area contributed by atoms with E-state index in [1.54, 1.807) is 0 Å². The third kappa shape index (κ3) is 4.14. The number of para-hydroxylation sites is 1. The molecular formula is C16H16FNO6S3. The molecule has 0 radical (unpaired) electrons. The fourth-order valence-electron chi connectivity index (χ4n) is 2.76. The van der Waals surface area contributed by atoms with Crippen LogP contribution in [0.4, 0.5) is 10.1 Å². The molecule has 1 saturated heterocycles. The summed E-state index contributed by atoms with van der Waals surface area (Å²) in [5.41, 5.74) is -0.271. The molecule has 2 aromatic rings. The van der Waals surface area contributed by atoms with Crippen LogP contribution in [0.5, 0.6) is 0 Å². The minimum absolute atomic E-state index is 0.0326. The molecule has 1 aliphatic rings. The maximum atomic E-state index is 13.7. The maximum Gasteiger partial charge on any atom is 0.262 e. The largest absolute Gasteiger partial charge is 0.277 e. The van der Waals surface area contributed by atoms with Crippen molar-refractivity contribution in [1.29, 1.82) is 0 Å². The maximum absolute atomic E-state index is 13.7. The fraction of sp³-hybridized carbons (Fsp3) is 0.250. The normalized spacial score (nSPS) is 19.7. The zero-order valence-corrected chi connectivity index (χ0v) is 16.3. The number of rotatable bonds is 5. The van der Waals surface area contributed by atoms with Crippen LogP contribution in [0.15, 0.2) is 58.3 Å². The van der Waals surface area contributed by atoms with Gasteiger partial charge in [0.25, 0.3) is 10.0 Å². The first-order valence-corrected chi connectivity index (χ1v) is 12.7. The molecule has 11 heteroatoms. The Balaban J connectivity index is 1.95. The van der Waals surface area contributed by atoms with Gasteiger partial charge in [0.2, 0.25) is 0 Å². The lowest BCUT2D eigenvalue weighted by atomic mass is 10.3. The molecular weight excluding hydrogens is 417 g/mol. The van der Waals surface area contributed by atoms with E-state index in [2.05, 4.69) is 4.72 Å². The van der Waals surface area contributed by atoms with Crippen molar-refractivity contribution in [2.24, 2.45) is 0 Å². The summed E-state index contributed by atoms with van der Waals surface area (Å²) in [6.45, 7) is 0. The van der Waals surface area contributed by atoms with Gasteiger partial charge in [0.05, 0.1) is 32.2 Å². The smallest absolute Gasteiger partial charge is 0.262 e. The Kier molecular flexibility index (Phi) is 5.04. The second-order valence-electron chi connectivity index (χ2n) is 6.13. The average molecular weight is 434 g/mol. The lowest BCUT2D eigenvalue weighted by molar-refractivity contribution is 0.581. The van der Waals surface area contributed by atoms with Crippen molar-refractivity contribution < 1.29 is 29.6 Å². The quantitative estimate of drug-likeness (QED) is 0.766. The zero-order valence-electron chi connectivity index (χ0n) is 13.9. The van der Waals surface area contributed by atoms with E-state index in [1.165, 1.54) is 36.4 Å². The van der Waals surface area contributed by atoms with Gasteiger partial charge in [-0.1, -0.05) is 18.2 Å². The van der Waals surface area contributed by atoms with Crippen molar-refractivity contribution in [2.75, 3.05) is 16.2 Å². The lowest BCUT2D eigenvalue weighted by Crippen LogP contribution is -2.23. The van der Waals surface area contributed by atoms with Crippen LogP contribution in [-0.2, 0) is 29.7 Å². The van der Waals surface area contributed by atoms with Gasteiger partial charge >= 0.3 is 0 Å². The third-order valence-corrected chi connectivity index (χ3v) is 9.73. The van der Waals surface area contributed by atoms with Crippen LogP contribution < -0.4 is 4.72 Å². The Morgan fingerprint density at radius 1 is 0.963 bits per heavy atom. The Bertz CT molecular complexity index is 1190. The molecule has 0 aliphatic carbocycles. The van der Waals surface area contributed by atoms with Gasteiger partial charge in [-0.15, -0.1) is 0 Å². The van der Waals surface area contributed by atoms with Gasteiger partial charge in [-0.3, -0.25) is 4.72 Å². The number of benzene rings is 2. The first-order chi connectivity index (χ1) is 12.5. The van der Waals surface area contributed by atoms with Gasteiger partial charge in [0.15, 0.2) is 19.7 Å². The molecule has 0 amide bonds. The Morgan fingerprint density at radius 3 is 2.26 bits per heavy atom. The van der Waals surface area contributed by atoms with Crippen molar-refractivity contribution in [1.82, 2.24) is 0 Å². The highest BCUT2D eigenvalue weighted by Crippen LogP contribution is 2.27. The molecule has 1 fully saturated rings. The molecule has 0 spiro atoms. The number of hydrogen-bond acceptors (Lipinski definition) is 6. The monoisotopic (exact) mass is 433 g/mol. The van der Waals surface area contributed by atoms with Gasteiger partial charge in [-0.05, 0) is 36.8 Å². The number of sulfonamides is 1. The predicted molar refractivity (Wildman–Crippen MR) is 97.9 cm³/mol. The molecule has 0 saturated carbocycles. The van der Waals surface area contributed by atoms with Gasteiger partial charge in [-0.25, -0.2) is 29.6 Å². The molecule has 0 bridgehead atoms. The summed E-state index contributed by atoms with van der Waals surface area (Å²) in [5, 5.41) is -1.11. The van der Waals surface area contributed by atoms with Crippen molar-refractivity contribution in [3.63, 3.8) is 0 Å². The summed E-state index contributed by atoms with van der Waals surface area (Å²) in [5.74, 6) is -1.48. The molecule has 146 valence electrons. The molecule has 1 aliphatic heterocycles. The second kappa shape index (κ2) is 6.88. The third-order valence-electron chi connectivity index (χ3n) is 4.19. The van der Waals surface area contributed by atoms with E-state index in [9.17, 15) is 29.6 Å². The van der Waals surface area contributed by atoms with E-state index >= 15 is 0 Å². The highest BCUT2D eigenvalue weighted by atomic mass is 32.2. The SMILES string of the molecule is O=S1(=O)CC[C@H](S(=O)(=O)c2cccc(S(=O)(=O)Nc3ccccc3F)c2)C1. The van der Waals surface area contributed by atoms with Gasteiger partial charge in [0, 0.05) is 0 Å². The van der Waals surface area contributed by atoms with Crippen LogP contribution in [0, 0.1) is 5.82 Å². The van der Waals surface area contributed by atoms with E-state index in [4.69, 9.17) is 0 Å². The van der Waals surface area contributed by atoms with Crippen LogP contribution in [0.1, 0.15) is 6.42 Å². The molecule has 1 heterocycles. The molecule has 2 aromatic carbocycles. The summed E-state index contributed by atoms with van der Waals surface area (Å²) >= 11 is 0. The standard InChI is InChI=1S/C16H16FNO6S3/c17-15-6-1-2-7-16(15)18-27(23,24)13-5-3-4-12(10-13)26(21,22)14-8-9-25(19,20)11-14/h1-7,10,14,18H,8-9,11H2/t14-/m0/s1.